The smallest absolute Gasteiger partial charge is 0.0912 e. The molecule has 0 amide bonds. The maximum Gasteiger partial charge on any atom is 0.0912 e. The zero-order valence-corrected chi connectivity index (χ0v) is 5.91. The monoisotopic (exact) mass is 127 g/mol. The Balaban J connectivity index is 2.41. The molecule has 1 rings (SSSR count). The molecule has 1 atom stereocenters. The third-order valence-electron chi connectivity index (χ3n) is 1.56. The fourth-order valence-corrected chi connectivity index (χ4v) is 0.931. The van der Waals surface area contributed by atoms with Crippen LogP contribution in [0.3, 0.4) is 0 Å². The normalized spacial score (nSPS) is 26.2. The average molecular weight is 127 g/mol. The molecular formula is C7H13NO. The number of hydrogen-bond donors (Lipinski definition) is 1. The van der Waals surface area contributed by atoms with Gasteiger partial charge >= 0.3 is 0 Å². The summed E-state index contributed by atoms with van der Waals surface area (Å²) in [5.41, 5.74) is 0. The topological polar surface area (TPSA) is 23.5 Å². The third-order valence-corrected chi connectivity index (χ3v) is 1.56. The van der Waals surface area contributed by atoms with Crippen LogP contribution in [0.4, 0.5) is 0 Å². The molecule has 0 saturated heterocycles. The SMILES string of the molecule is CC(C)N1C=CC(O)C1. The predicted molar refractivity (Wildman–Crippen MR) is 37.0 cm³/mol. The fourth-order valence-electron chi connectivity index (χ4n) is 0.931. The molecule has 0 spiro atoms. The Kier molecular flexibility index (Phi) is 1.76. The van der Waals surface area contributed by atoms with Gasteiger partial charge in [-0.25, -0.2) is 0 Å². The van der Waals surface area contributed by atoms with E-state index in [4.69, 9.17) is 5.11 Å². The molecule has 1 heterocycles. The minimum Gasteiger partial charge on any atom is -0.387 e. The molecule has 0 radical (unpaired) electrons. The van der Waals surface area contributed by atoms with E-state index in [0.29, 0.717) is 6.04 Å². The molecule has 0 aromatic rings. The first-order valence-corrected chi connectivity index (χ1v) is 3.32. The lowest BCUT2D eigenvalue weighted by Gasteiger charge is -2.20. The number of β-amino-alcohol motifs (C(OH)–C–C–N with tert-alkyl or cyclic N) is 1. The highest BCUT2D eigenvalue weighted by Gasteiger charge is 2.14. The van der Waals surface area contributed by atoms with Gasteiger partial charge in [0.15, 0.2) is 0 Å². The summed E-state index contributed by atoms with van der Waals surface area (Å²) < 4.78 is 0. The fraction of sp³-hybridized carbons (Fsp3) is 0.714. The van der Waals surface area contributed by atoms with Crippen LogP contribution in [0.1, 0.15) is 13.8 Å². The van der Waals surface area contributed by atoms with Crippen molar-refractivity contribution in [3.63, 3.8) is 0 Å². The van der Waals surface area contributed by atoms with Gasteiger partial charge in [0.1, 0.15) is 0 Å². The van der Waals surface area contributed by atoms with Crippen molar-refractivity contribution in [3.05, 3.63) is 12.3 Å². The highest BCUT2D eigenvalue weighted by molar-refractivity contribution is 4.99. The zero-order valence-electron chi connectivity index (χ0n) is 5.91. The van der Waals surface area contributed by atoms with Crippen molar-refractivity contribution in [2.75, 3.05) is 6.54 Å². The molecule has 52 valence electrons. The second-order valence-corrected chi connectivity index (χ2v) is 2.70. The second-order valence-electron chi connectivity index (χ2n) is 2.70. The van der Waals surface area contributed by atoms with E-state index in [2.05, 4.69) is 18.7 Å². The molecule has 0 aromatic carbocycles. The van der Waals surface area contributed by atoms with Crippen molar-refractivity contribution >= 4 is 0 Å². The van der Waals surface area contributed by atoms with Crippen LogP contribution in [0, 0.1) is 0 Å². The lowest BCUT2D eigenvalue weighted by atomic mass is 10.3. The van der Waals surface area contributed by atoms with E-state index in [-0.39, 0.29) is 6.10 Å². The minimum atomic E-state index is -0.243. The molecular weight excluding hydrogens is 114 g/mol. The van der Waals surface area contributed by atoms with Crippen molar-refractivity contribution in [1.82, 2.24) is 4.90 Å². The number of nitrogens with zero attached hydrogens (tertiary/aromatic N) is 1. The molecule has 0 bridgehead atoms. The Morgan fingerprint density at radius 1 is 1.67 bits per heavy atom. The van der Waals surface area contributed by atoms with Gasteiger partial charge in [0.2, 0.25) is 0 Å². The molecule has 1 aliphatic heterocycles. The van der Waals surface area contributed by atoms with Crippen LogP contribution < -0.4 is 0 Å². The zero-order chi connectivity index (χ0) is 6.85. The van der Waals surface area contributed by atoms with Gasteiger partial charge in [0.25, 0.3) is 0 Å². The summed E-state index contributed by atoms with van der Waals surface area (Å²) in [6.07, 6.45) is 3.53. The van der Waals surface area contributed by atoms with Crippen molar-refractivity contribution in [2.24, 2.45) is 0 Å². The molecule has 2 nitrogen and oxygen atoms in total. The van der Waals surface area contributed by atoms with Crippen LogP contribution in [0.2, 0.25) is 0 Å². The Bertz CT molecular complexity index is 120. The molecule has 1 N–H and O–H groups in total. The molecule has 0 aliphatic carbocycles. The first kappa shape index (κ1) is 6.62. The summed E-state index contributed by atoms with van der Waals surface area (Å²) >= 11 is 0. The first-order chi connectivity index (χ1) is 4.20. The van der Waals surface area contributed by atoms with E-state index in [1.165, 1.54) is 0 Å². The summed E-state index contributed by atoms with van der Waals surface area (Å²) in [7, 11) is 0. The van der Waals surface area contributed by atoms with Crippen molar-refractivity contribution in [3.8, 4) is 0 Å². The lowest BCUT2D eigenvalue weighted by Crippen LogP contribution is -2.27. The Morgan fingerprint density at radius 3 is 2.56 bits per heavy atom. The van der Waals surface area contributed by atoms with Crippen LogP contribution >= 0.6 is 0 Å². The lowest BCUT2D eigenvalue weighted by molar-refractivity contribution is 0.183. The van der Waals surface area contributed by atoms with Crippen molar-refractivity contribution < 1.29 is 5.11 Å². The van der Waals surface area contributed by atoms with E-state index in [9.17, 15) is 0 Å². The predicted octanol–water partition coefficient (Wildman–Crippen LogP) is 0.585. The van der Waals surface area contributed by atoms with Gasteiger partial charge in [-0.05, 0) is 26.1 Å². The van der Waals surface area contributed by atoms with Gasteiger partial charge in [-0.2, -0.15) is 0 Å². The maximum absolute atomic E-state index is 9.02. The molecule has 9 heavy (non-hydrogen) atoms. The van der Waals surface area contributed by atoms with Crippen LogP contribution in [-0.2, 0) is 0 Å². The van der Waals surface area contributed by atoms with Crippen molar-refractivity contribution in [1.29, 1.82) is 0 Å². The van der Waals surface area contributed by atoms with Crippen LogP contribution in [0.25, 0.3) is 0 Å². The first-order valence-electron chi connectivity index (χ1n) is 3.32. The van der Waals surface area contributed by atoms with Crippen LogP contribution in [0.5, 0.6) is 0 Å². The van der Waals surface area contributed by atoms with E-state index in [1.807, 2.05) is 12.3 Å². The van der Waals surface area contributed by atoms with Gasteiger partial charge in [-0.15, -0.1) is 0 Å². The summed E-state index contributed by atoms with van der Waals surface area (Å²) in [5, 5.41) is 9.02. The average Bonchev–Trinajstić information content (AvgIpc) is 2.14. The van der Waals surface area contributed by atoms with Gasteiger partial charge in [-0.3, -0.25) is 0 Å². The molecule has 2 heteroatoms. The summed E-state index contributed by atoms with van der Waals surface area (Å²) in [6, 6.07) is 0.512. The number of hydrogen-bond acceptors (Lipinski definition) is 2. The maximum atomic E-state index is 9.02. The second kappa shape index (κ2) is 2.40. The third kappa shape index (κ3) is 1.45. The van der Waals surface area contributed by atoms with Gasteiger partial charge in [0, 0.05) is 12.6 Å². The molecule has 0 aromatic heterocycles. The molecule has 1 unspecified atom stereocenters. The molecule has 0 saturated carbocycles. The Morgan fingerprint density at radius 2 is 2.33 bits per heavy atom. The van der Waals surface area contributed by atoms with E-state index in [1.54, 1.807) is 0 Å². The summed E-state index contributed by atoms with van der Waals surface area (Å²) in [4.78, 5) is 2.12. The standard InChI is InChI=1S/C7H13NO/c1-6(2)8-4-3-7(9)5-8/h3-4,6-7,9H,5H2,1-2H3. The highest BCUT2D eigenvalue weighted by atomic mass is 16.3. The highest BCUT2D eigenvalue weighted by Crippen LogP contribution is 2.08. The summed E-state index contributed by atoms with van der Waals surface area (Å²) in [6.45, 7) is 4.99. The van der Waals surface area contributed by atoms with Crippen LogP contribution in [-0.4, -0.2) is 28.7 Å². The Hall–Kier alpha value is -0.500. The largest absolute Gasteiger partial charge is 0.387 e. The van der Waals surface area contributed by atoms with E-state index >= 15 is 0 Å². The number of aliphatic hydroxyl groups is 1. The number of aliphatic hydroxyl groups excluding tert-OH is 1. The van der Waals surface area contributed by atoms with Gasteiger partial charge < -0.3 is 10.0 Å². The van der Waals surface area contributed by atoms with Crippen LogP contribution in [0.15, 0.2) is 12.3 Å². The van der Waals surface area contributed by atoms with E-state index < -0.39 is 0 Å². The minimum absolute atomic E-state index is 0.243. The van der Waals surface area contributed by atoms with E-state index in [0.717, 1.165) is 6.54 Å². The quantitative estimate of drug-likeness (QED) is 0.557. The molecule has 1 aliphatic rings. The summed E-state index contributed by atoms with van der Waals surface area (Å²) in [5.74, 6) is 0. The Labute approximate surface area is 55.8 Å². The van der Waals surface area contributed by atoms with Gasteiger partial charge in [0.05, 0.1) is 6.10 Å². The van der Waals surface area contributed by atoms with Gasteiger partial charge in [-0.1, -0.05) is 0 Å². The van der Waals surface area contributed by atoms with Crippen molar-refractivity contribution in [2.45, 2.75) is 26.0 Å². The molecule has 0 fully saturated rings. The number of rotatable bonds is 1.